The molecule has 0 saturated carbocycles. The van der Waals surface area contributed by atoms with Gasteiger partial charge >= 0.3 is 0 Å². The van der Waals surface area contributed by atoms with Crippen molar-refractivity contribution in [2.24, 2.45) is 0 Å². The number of fused-ring (bicyclic) bond motifs is 1. The number of amides is 1. The number of aryl methyl sites for hydroxylation is 1. The first-order valence-electron chi connectivity index (χ1n) is 6.91. The summed E-state index contributed by atoms with van der Waals surface area (Å²) in [5.41, 5.74) is 3.69. The van der Waals surface area contributed by atoms with E-state index < -0.39 is 0 Å². The third-order valence-electron chi connectivity index (χ3n) is 3.44. The van der Waals surface area contributed by atoms with Gasteiger partial charge < -0.3 is 15.4 Å². The largest absolute Gasteiger partial charge is 0.383 e. The summed E-state index contributed by atoms with van der Waals surface area (Å²) in [6, 6.07) is 6.19. The molecule has 0 aromatic heterocycles. The maximum Gasteiger partial charge on any atom is 0.238 e. The molecule has 0 spiro atoms. The Hall–Kier alpha value is -1.39. The van der Waals surface area contributed by atoms with E-state index in [-0.39, 0.29) is 5.91 Å². The minimum atomic E-state index is 0.00933. The fourth-order valence-electron chi connectivity index (χ4n) is 2.47. The SMILES string of the molecule is COCCNCC(=O)Nc1cccc2c1CCCC2. The maximum absolute atomic E-state index is 11.8. The molecule has 4 heteroatoms. The highest BCUT2D eigenvalue weighted by atomic mass is 16.5. The van der Waals surface area contributed by atoms with E-state index in [1.165, 1.54) is 24.0 Å². The first kappa shape index (κ1) is 14.0. The van der Waals surface area contributed by atoms with Gasteiger partial charge in [-0.3, -0.25) is 4.79 Å². The summed E-state index contributed by atoms with van der Waals surface area (Å²) in [7, 11) is 1.65. The Labute approximate surface area is 114 Å². The van der Waals surface area contributed by atoms with Crippen LogP contribution in [0.4, 0.5) is 5.69 Å². The molecular formula is C15H22N2O2. The van der Waals surface area contributed by atoms with E-state index in [0.717, 1.165) is 18.5 Å². The summed E-state index contributed by atoms with van der Waals surface area (Å²) in [6.45, 7) is 1.64. The lowest BCUT2D eigenvalue weighted by atomic mass is 9.90. The van der Waals surface area contributed by atoms with Crippen molar-refractivity contribution in [2.75, 3.05) is 32.1 Å². The lowest BCUT2D eigenvalue weighted by Crippen LogP contribution is -2.30. The van der Waals surface area contributed by atoms with E-state index in [9.17, 15) is 4.79 Å². The zero-order chi connectivity index (χ0) is 13.5. The number of carbonyl (C=O) groups excluding carboxylic acids is 1. The van der Waals surface area contributed by atoms with Crippen molar-refractivity contribution in [3.05, 3.63) is 29.3 Å². The Morgan fingerprint density at radius 2 is 2.16 bits per heavy atom. The molecule has 0 aliphatic heterocycles. The van der Waals surface area contributed by atoms with E-state index in [1.807, 2.05) is 12.1 Å². The minimum Gasteiger partial charge on any atom is -0.383 e. The Morgan fingerprint density at radius 3 is 3.00 bits per heavy atom. The van der Waals surface area contributed by atoms with Crippen molar-refractivity contribution in [3.8, 4) is 0 Å². The van der Waals surface area contributed by atoms with Gasteiger partial charge in [0.15, 0.2) is 0 Å². The summed E-state index contributed by atoms with van der Waals surface area (Å²) in [5.74, 6) is 0.00933. The van der Waals surface area contributed by atoms with Gasteiger partial charge in [-0.05, 0) is 42.9 Å². The van der Waals surface area contributed by atoms with E-state index in [2.05, 4.69) is 16.7 Å². The van der Waals surface area contributed by atoms with Gasteiger partial charge in [-0.1, -0.05) is 12.1 Å². The molecule has 1 aromatic carbocycles. The van der Waals surface area contributed by atoms with Gasteiger partial charge in [0, 0.05) is 19.3 Å². The maximum atomic E-state index is 11.8. The second kappa shape index (κ2) is 7.26. The van der Waals surface area contributed by atoms with Crippen LogP contribution < -0.4 is 10.6 Å². The van der Waals surface area contributed by atoms with Gasteiger partial charge in [0.05, 0.1) is 13.2 Å². The highest BCUT2D eigenvalue weighted by Gasteiger charge is 2.14. The van der Waals surface area contributed by atoms with Crippen molar-refractivity contribution in [2.45, 2.75) is 25.7 Å². The van der Waals surface area contributed by atoms with Crippen LogP contribution >= 0.6 is 0 Å². The molecule has 2 rings (SSSR count). The molecule has 2 N–H and O–H groups in total. The molecule has 1 aromatic rings. The number of benzene rings is 1. The second-order valence-electron chi connectivity index (χ2n) is 4.87. The van der Waals surface area contributed by atoms with Gasteiger partial charge in [0.25, 0.3) is 0 Å². The lowest BCUT2D eigenvalue weighted by molar-refractivity contribution is -0.115. The van der Waals surface area contributed by atoms with Crippen LogP contribution in [0.5, 0.6) is 0 Å². The van der Waals surface area contributed by atoms with Crippen LogP contribution in [0, 0.1) is 0 Å². The molecule has 0 saturated heterocycles. The number of nitrogens with one attached hydrogen (secondary N) is 2. The van der Waals surface area contributed by atoms with Gasteiger partial charge in [0.2, 0.25) is 5.91 Å². The molecule has 1 amide bonds. The van der Waals surface area contributed by atoms with Gasteiger partial charge in [0.1, 0.15) is 0 Å². The van der Waals surface area contributed by atoms with Crippen molar-refractivity contribution in [3.63, 3.8) is 0 Å². The Balaban J connectivity index is 1.90. The highest BCUT2D eigenvalue weighted by Crippen LogP contribution is 2.27. The van der Waals surface area contributed by atoms with Gasteiger partial charge in [-0.2, -0.15) is 0 Å². The standard InChI is InChI=1S/C15H22N2O2/c1-19-10-9-16-11-15(18)17-14-8-4-6-12-5-2-3-7-13(12)14/h4,6,8,16H,2-3,5,7,9-11H2,1H3,(H,17,18). The van der Waals surface area contributed by atoms with Crippen LogP contribution in [0.3, 0.4) is 0 Å². The molecule has 0 unspecified atom stereocenters. The summed E-state index contributed by atoms with van der Waals surface area (Å²) in [6.07, 6.45) is 4.67. The third kappa shape index (κ3) is 4.04. The van der Waals surface area contributed by atoms with Crippen molar-refractivity contribution in [1.29, 1.82) is 0 Å². The van der Waals surface area contributed by atoms with Crippen molar-refractivity contribution in [1.82, 2.24) is 5.32 Å². The number of ether oxygens (including phenoxy) is 1. The van der Waals surface area contributed by atoms with Crippen LogP contribution in [-0.2, 0) is 22.4 Å². The fourth-order valence-corrected chi connectivity index (χ4v) is 2.47. The molecule has 0 atom stereocenters. The van der Waals surface area contributed by atoms with Crippen LogP contribution in [-0.4, -0.2) is 32.7 Å². The predicted octanol–water partition coefficient (Wildman–Crippen LogP) is 1.74. The molecule has 1 aliphatic rings. The Morgan fingerprint density at radius 1 is 1.32 bits per heavy atom. The zero-order valence-electron chi connectivity index (χ0n) is 11.5. The molecule has 0 bridgehead atoms. The molecular weight excluding hydrogens is 240 g/mol. The van der Waals surface area contributed by atoms with E-state index in [1.54, 1.807) is 7.11 Å². The molecule has 4 nitrogen and oxygen atoms in total. The molecule has 19 heavy (non-hydrogen) atoms. The van der Waals surface area contributed by atoms with Crippen LogP contribution in [0.1, 0.15) is 24.0 Å². The van der Waals surface area contributed by atoms with Crippen LogP contribution in [0.15, 0.2) is 18.2 Å². The summed E-state index contributed by atoms with van der Waals surface area (Å²) >= 11 is 0. The van der Waals surface area contributed by atoms with E-state index >= 15 is 0 Å². The predicted molar refractivity (Wildman–Crippen MR) is 76.5 cm³/mol. The number of methoxy groups -OCH3 is 1. The number of rotatable bonds is 6. The molecule has 0 radical (unpaired) electrons. The normalized spacial score (nSPS) is 13.9. The van der Waals surface area contributed by atoms with E-state index in [4.69, 9.17) is 4.74 Å². The number of hydrogen-bond acceptors (Lipinski definition) is 3. The Kier molecular flexibility index (Phi) is 5.36. The first-order chi connectivity index (χ1) is 9.31. The van der Waals surface area contributed by atoms with Gasteiger partial charge in [-0.25, -0.2) is 0 Å². The van der Waals surface area contributed by atoms with Crippen LogP contribution in [0.2, 0.25) is 0 Å². The topological polar surface area (TPSA) is 50.4 Å². The quantitative estimate of drug-likeness (QED) is 0.768. The smallest absolute Gasteiger partial charge is 0.238 e. The highest BCUT2D eigenvalue weighted by molar-refractivity contribution is 5.93. The van der Waals surface area contributed by atoms with Gasteiger partial charge in [-0.15, -0.1) is 0 Å². The van der Waals surface area contributed by atoms with Crippen molar-refractivity contribution >= 4 is 11.6 Å². The Bertz CT molecular complexity index is 432. The third-order valence-corrected chi connectivity index (χ3v) is 3.44. The minimum absolute atomic E-state index is 0.00933. The number of carbonyl (C=O) groups is 1. The molecule has 0 fully saturated rings. The monoisotopic (exact) mass is 262 g/mol. The zero-order valence-corrected chi connectivity index (χ0v) is 11.5. The fraction of sp³-hybridized carbons (Fsp3) is 0.533. The van der Waals surface area contributed by atoms with Crippen LogP contribution in [0.25, 0.3) is 0 Å². The summed E-state index contributed by atoms with van der Waals surface area (Å²) in [5, 5.41) is 6.05. The number of anilines is 1. The molecule has 0 heterocycles. The summed E-state index contributed by atoms with van der Waals surface area (Å²) in [4.78, 5) is 11.8. The van der Waals surface area contributed by atoms with Crippen molar-refractivity contribution < 1.29 is 9.53 Å². The second-order valence-corrected chi connectivity index (χ2v) is 4.87. The summed E-state index contributed by atoms with van der Waals surface area (Å²) < 4.78 is 4.92. The lowest BCUT2D eigenvalue weighted by Gasteiger charge is -2.19. The molecule has 104 valence electrons. The van der Waals surface area contributed by atoms with E-state index in [0.29, 0.717) is 19.7 Å². The average molecular weight is 262 g/mol. The first-order valence-corrected chi connectivity index (χ1v) is 6.91. The molecule has 1 aliphatic carbocycles. The number of hydrogen-bond donors (Lipinski definition) is 2. The average Bonchev–Trinajstić information content (AvgIpc) is 2.44.